The number of pyridine rings is 1. The zero-order valence-corrected chi connectivity index (χ0v) is 8.56. The van der Waals surface area contributed by atoms with Gasteiger partial charge in [0.1, 0.15) is 11.6 Å². The van der Waals surface area contributed by atoms with Crippen LogP contribution in [0.3, 0.4) is 0 Å². The molecule has 80 valence electrons. The first-order valence-corrected chi connectivity index (χ1v) is 4.23. The molecular formula is C10H12N2O3. The van der Waals surface area contributed by atoms with Crippen molar-refractivity contribution in [1.29, 1.82) is 0 Å². The van der Waals surface area contributed by atoms with Crippen LogP contribution in [0.2, 0.25) is 0 Å². The molecule has 0 unspecified atom stereocenters. The van der Waals surface area contributed by atoms with Gasteiger partial charge < -0.3 is 15.2 Å². The minimum atomic E-state index is -0.458. The van der Waals surface area contributed by atoms with E-state index in [4.69, 9.17) is 10.5 Å². The van der Waals surface area contributed by atoms with Gasteiger partial charge in [0.15, 0.2) is 0 Å². The molecule has 0 aromatic carbocycles. The fourth-order valence-electron chi connectivity index (χ4n) is 1.04. The van der Waals surface area contributed by atoms with E-state index in [0.29, 0.717) is 17.1 Å². The number of carbonyl (C=O) groups is 1. The Kier molecular flexibility index (Phi) is 3.68. The highest BCUT2D eigenvalue weighted by Gasteiger charge is 2.04. The molecular weight excluding hydrogens is 196 g/mol. The normalized spacial score (nSPS) is 10.3. The molecule has 15 heavy (non-hydrogen) atoms. The summed E-state index contributed by atoms with van der Waals surface area (Å²) in [4.78, 5) is 14.8. The number of nitrogens with two attached hydrogens (primary N) is 1. The predicted molar refractivity (Wildman–Crippen MR) is 56.3 cm³/mol. The van der Waals surface area contributed by atoms with Gasteiger partial charge in [-0.1, -0.05) is 0 Å². The van der Waals surface area contributed by atoms with E-state index in [0.717, 1.165) is 0 Å². The maximum atomic E-state index is 10.9. The molecule has 0 atom stereocenters. The molecule has 0 spiro atoms. The van der Waals surface area contributed by atoms with Crippen LogP contribution in [0, 0.1) is 0 Å². The maximum absolute atomic E-state index is 10.9. The lowest BCUT2D eigenvalue weighted by molar-refractivity contribution is -0.134. The topological polar surface area (TPSA) is 74.4 Å². The van der Waals surface area contributed by atoms with Gasteiger partial charge in [-0.2, -0.15) is 0 Å². The van der Waals surface area contributed by atoms with E-state index in [9.17, 15) is 4.79 Å². The molecule has 2 N–H and O–H groups in total. The Morgan fingerprint density at radius 3 is 2.87 bits per heavy atom. The molecule has 1 heterocycles. The molecule has 0 aliphatic carbocycles. The first kappa shape index (κ1) is 11.0. The Morgan fingerprint density at radius 1 is 1.53 bits per heavy atom. The standard InChI is InChI=1S/C10H12N2O3/c1-14-8-5-6-12-10(11)7(8)3-4-9(13)15-2/h3-6H,1-2H3,(H2,11,12)/b4-3+. The van der Waals surface area contributed by atoms with Gasteiger partial charge in [-0.05, 0) is 12.1 Å². The van der Waals surface area contributed by atoms with Crippen LogP contribution in [0.15, 0.2) is 18.3 Å². The number of anilines is 1. The van der Waals surface area contributed by atoms with E-state index >= 15 is 0 Å². The second kappa shape index (κ2) is 4.99. The maximum Gasteiger partial charge on any atom is 0.330 e. The Balaban J connectivity index is 3.02. The summed E-state index contributed by atoms with van der Waals surface area (Å²) < 4.78 is 9.53. The third-order valence-electron chi connectivity index (χ3n) is 1.79. The molecule has 0 amide bonds. The van der Waals surface area contributed by atoms with Crippen molar-refractivity contribution in [2.75, 3.05) is 20.0 Å². The van der Waals surface area contributed by atoms with Gasteiger partial charge in [-0.15, -0.1) is 0 Å². The monoisotopic (exact) mass is 208 g/mol. The van der Waals surface area contributed by atoms with E-state index in [1.807, 2.05) is 0 Å². The average Bonchev–Trinajstić information content (AvgIpc) is 2.26. The molecule has 0 fully saturated rings. The Bertz CT molecular complexity index is 388. The predicted octanol–water partition coefficient (Wildman–Crippen LogP) is 0.859. The van der Waals surface area contributed by atoms with Gasteiger partial charge in [0, 0.05) is 12.3 Å². The third-order valence-corrected chi connectivity index (χ3v) is 1.79. The summed E-state index contributed by atoms with van der Waals surface area (Å²) in [7, 11) is 2.82. The van der Waals surface area contributed by atoms with E-state index in [2.05, 4.69) is 9.72 Å². The number of rotatable bonds is 3. The zero-order chi connectivity index (χ0) is 11.3. The van der Waals surface area contributed by atoms with Crippen LogP contribution >= 0.6 is 0 Å². The number of methoxy groups -OCH3 is 2. The number of hydrogen-bond acceptors (Lipinski definition) is 5. The summed E-state index contributed by atoms with van der Waals surface area (Å²) in [5.41, 5.74) is 6.19. The smallest absolute Gasteiger partial charge is 0.330 e. The van der Waals surface area contributed by atoms with Crippen LogP contribution in [-0.4, -0.2) is 25.2 Å². The van der Waals surface area contributed by atoms with E-state index in [-0.39, 0.29) is 0 Å². The zero-order valence-electron chi connectivity index (χ0n) is 8.56. The quantitative estimate of drug-likeness (QED) is 0.589. The summed E-state index contributed by atoms with van der Waals surface area (Å²) in [6.45, 7) is 0. The number of nitrogens with zero attached hydrogens (tertiary/aromatic N) is 1. The second-order valence-corrected chi connectivity index (χ2v) is 2.67. The summed E-state index contributed by atoms with van der Waals surface area (Å²) in [6.07, 6.45) is 4.30. The van der Waals surface area contributed by atoms with Crippen molar-refractivity contribution in [1.82, 2.24) is 4.98 Å². The molecule has 1 rings (SSSR count). The average molecular weight is 208 g/mol. The van der Waals surface area contributed by atoms with Crippen LogP contribution < -0.4 is 10.5 Å². The van der Waals surface area contributed by atoms with Gasteiger partial charge in [0.2, 0.25) is 0 Å². The van der Waals surface area contributed by atoms with Gasteiger partial charge in [0.05, 0.1) is 19.8 Å². The van der Waals surface area contributed by atoms with Crippen molar-refractivity contribution in [2.24, 2.45) is 0 Å². The van der Waals surface area contributed by atoms with E-state index in [1.165, 1.54) is 32.6 Å². The SMILES string of the molecule is COC(=O)/C=C/c1c(OC)ccnc1N. The van der Waals surface area contributed by atoms with Gasteiger partial charge in [0.25, 0.3) is 0 Å². The molecule has 0 radical (unpaired) electrons. The van der Waals surface area contributed by atoms with Gasteiger partial charge in [-0.25, -0.2) is 9.78 Å². The summed E-state index contributed by atoms with van der Waals surface area (Å²) in [6, 6.07) is 1.66. The molecule has 0 aliphatic heterocycles. The lowest BCUT2D eigenvalue weighted by Crippen LogP contribution is -1.98. The number of carbonyl (C=O) groups excluding carboxylic acids is 1. The molecule has 0 saturated carbocycles. The highest BCUT2D eigenvalue weighted by molar-refractivity contribution is 5.88. The fraction of sp³-hybridized carbons (Fsp3) is 0.200. The van der Waals surface area contributed by atoms with Crippen LogP contribution in [-0.2, 0) is 9.53 Å². The van der Waals surface area contributed by atoms with E-state index in [1.54, 1.807) is 6.07 Å². The number of ether oxygens (including phenoxy) is 2. The molecule has 5 nitrogen and oxygen atoms in total. The van der Waals surface area contributed by atoms with Crippen LogP contribution in [0.25, 0.3) is 6.08 Å². The Morgan fingerprint density at radius 2 is 2.27 bits per heavy atom. The van der Waals surface area contributed by atoms with E-state index < -0.39 is 5.97 Å². The summed E-state index contributed by atoms with van der Waals surface area (Å²) in [5, 5.41) is 0. The van der Waals surface area contributed by atoms with Crippen molar-refractivity contribution in [3.8, 4) is 5.75 Å². The van der Waals surface area contributed by atoms with Crippen molar-refractivity contribution in [2.45, 2.75) is 0 Å². The van der Waals surface area contributed by atoms with Gasteiger partial charge in [-0.3, -0.25) is 0 Å². The lowest BCUT2D eigenvalue weighted by Gasteiger charge is -2.05. The first-order chi connectivity index (χ1) is 7.19. The third kappa shape index (κ3) is 2.70. The minimum absolute atomic E-state index is 0.300. The fourth-order valence-corrected chi connectivity index (χ4v) is 1.04. The molecule has 0 saturated heterocycles. The van der Waals surface area contributed by atoms with Crippen molar-refractivity contribution in [3.05, 3.63) is 23.9 Å². The first-order valence-electron chi connectivity index (χ1n) is 4.23. The van der Waals surface area contributed by atoms with Crippen molar-refractivity contribution < 1.29 is 14.3 Å². The van der Waals surface area contributed by atoms with Crippen molar-refractivity contribution in [3.63, 3.8) is 0 Å². The minimum Gasteiger partial charge on any atom is -0.496 e. The molecule has 1 aromatic heterocycles. The number of esters is 1. The van der Waals surface area contributed by atoms with Crippen LogP contribution in [0.5, 0.6) is 5.75 Å². The van der Waals surface area contributed by atoms with Crippen LogP contribution in [0.4, 0.5) is 5.82 Å². The van der Waals surface area contributed by atoms with Crippen molar-refractivity contribution >= 4 is 17.9 Å². The molecule has 0 bridgehead atoms. The second-order valence-electron chi connectivity index (χ2n) is 2.67. The largest absolute Gasteiger partial charge is 0.496 e. The molecule has 1 aromatic rings. The van der Waals surface area contributed by atoms with Gasteiger partial charge >= 0.3 is 5.97 Å². The van der Waals surface area contributed by atoms with Crippen LogP contribution in [0.1, 0.15) is 5.56 Å². The molecule has 5 heteroatoms. The highest BCUT2D eigenvalue weighted by atomic mass is 16.5. The summed E-state index contributed by atoms with van der Waals surface area (Å²) >= 11 is 0. The Labute approximate surface area is 87.5 Å². The molecule has 0 aliphatic rings. The number of aromatic nitrogens is 1. The number of nitrogen functional groups attached to an aromatic ring is 1. The lowest BCUT2D eigenvalue weighted by atomic mass is 10.2. The Hall–Kier alpha value is -2.04. The number of hydrogen-bond donors (Lipinski definition) is 1. The summed E-state index contributed by atoms with van der Waals surface area (Å²) in [5.74, 6) is 0.400. The highest BCUT2D eigenvalue weighted by Crippen LogP contribution is 2.23.